The summed E-state index contributed by atoms with van der Waals surface area (Å²) in [5.74, 6) is 1.63. The summed E-state index contributed by atoms with van der Waals surface area (Å²) >= 11 is 0. The van der Waals surface area contributed by atoms with E-state index in [0.29, 0.717) is 18.1 Å². The first-order valence-electron chi connectivity index (χ1n) is 9.19. The highest BCUT2D eigenvalue weighted by atomic mass is 16.5. The highest BCUT2D eigenvalue weighted by Gasteiger charge is 2.37. The second-order valence-corrected chi connectivity index (χ2v) is 7.25. The Labute approximate surface area is 131 Å². The molecule has 2 rings (SSSR count). The number of rotatable bonds is 6. The van der Waals surface area contributed by atoms with Crippen LogP contribution in [0.5, 0.6) is 0 Å². The Morgan fingerprint density at radius 1 is 1.19 bits per heavy atom. The summed E-state index contributed by atoms with van der Waals surface area (Å²) in [6.07, 6.45) is 8.42. The van der Waals surface area contributed by atoms with E-state index >= 15 is 0 Å². The molecule has 0 aromatic heterocycles. The maximum atomic E-state index is 5.73. The van der Waals surface area contributed by atoms with Crippen molar-refractivity contribution in [3.05, 3.63) is 0 Å². The van der Waals surface area contributed by atoms with Crippen molar-refractivity contribution in [2.45, 2.75) is 77.5 Å². The van der Waals surface area contributed by atoms with Gasteiger partial charge in [-0.3, -0.25) is 4.90 Å². The maximum absolute atomic E-state index is 5.73. The molecule has 2 aliphatic rings. The minimum absolute atomic E-state index is 0.424. The van der Waals surface area contributed by atoms with Gasteiger partial charge in [-0.15, -0.1) is 0 Å². The Balaban J connectivity index is 2.00. The molecule has 21 heavy (non-hydrogen) atoms. The second kappa shape index (κ2) is 8.50. The van der Waals surface area contributed by atoms with Crippen molar-refractivity contribution in [3.63, 3.8) is 0 Å². The van der Waals surface area contributed by atoms with Gasteiger partial charge in [0.2, 0.25) is 0 Å². The third-order valence-corrected chi connectivity index (χ3v) is 5.85. The number of hydrogen-bond donors (Lipinski definition) is 1. The number of ether oxygens (including phenoxy) is 1. The van der Waals surface area contributed by atoms with Gasteiger partial charge in [-0.25, -0.2) is 0 Å². The van der Waals surface area contributed by atoms with Gasteiger partial charge >= 0.3 is 0 Å². The summed E-state index contributed by atoms with van der Waals surface area (Å²) in [5.41, 5.74) is 0. The lowest BCUT2D eigenvalue weighted by molar-refractivity contribution is -0.0341. The summed E-state index contributed by atoms with van der Waals surface area (Å²) in [6.45, 7) is 10.5. The Kier molecular flexibility index (Phi) is 6.97. The van der Waals surface area contributed by atoms with Gasteiger partial charge in [-0.2, -0.15) is 0 Å². The van der Waals surface area contributed by atoms with Crippen LogP contribution in [0.25, 0.3) is 0 Å². The fraction of sp³-hybridized carbons (Fsp3) is 1.00. The van der Waals surface area contributed by atoms with Gasteiger partial charge in [-0.1, -0.05) is 27.2 Å². The largest absolute Gasteiger partial charge is 0.380 e. The SMILES string of the molecule is CCCNC1CCC(CC)CC1N1CCC(C)C(OC)C1. The molecule has 1 aliphatic carbocycles. The van der Waals surface area contributed by atoms with Crippen molar-refractivity contribution >= 4 is 0 Å². The molecule has 1 heterocycles. The molecule has 1 saturated carbocycles. The number of hydrogen-bond acceptors (Lipinski definition) is 3. The topological polar surface area (TPSA) is 24.5 Å². The van der Waals surface area contributed by atoms with Crippen LogP contribution in [0.3, 0.4) is 0 Å². The van der Waals surface area contributed by atoms with Crippen LogP contribution in [0.15, 0.2) is 0 Å². The molecule has 1 N–H and O–H groups in total. The molecule has 3 nitrogen and oxygen atoms in total. The first kappa shape index (κ1) is 17.2. The molecule has 1 saturated heterocycles. The number of likely N-dealkylation sites (tertiary alicyclic amines) is 1. The minimum atomic E-state index is 0.424. The van der Waals surface area contributed by atoms with Crippen molar-refractivity contribution in [2.24, 2.45) is 11.8 Å². The van der Waals surface area contributed by atoms with Crippen LogP contribution in [0.2, 0.25) is 0 Å². The van der Waals surface area contributed by atoms with Crippen LogP contribution in [0.1, 0.15) is 59.3 Å². The Morgan fingerprint density at radius 2 is 2.00 bits per heavy atom. The van der Waals surface area contributed by atoms with Crippen LogP contribution >= 0.6 is 0 Å². The normalized spacial score (nSPS) is 38.6. The van der Waals surface area contributed by atoms with Gasteiger partial charge < -0.3 is 10.1 Å². The average molecular weight is 296 g/mol. The van der Waals surface area contributed by atoms with Crippen molar-refractivity contribution in [3.8, 4) is 0 Å². The van der Waals surface area contributed by atoms with Gasteiger partial charge in [0.15, 0.2) is 0 Å². The number of nitrogens with zero attached hydrogens (tertiary/aromatic N) is 1. The van der Waals surface area contributed by atoms with Crippen LogP contribution in [-0.2, 0) is 4.74 Å². The third kappa shape index (κ3) is 4.43. The van der Waals surface area contributed by atoms with E-state index < -0.39 is 0 Å². The molecule has 0 radical (unpaired) electrons. The zero-order valence-electron chi connectivity index (χ0n) is 14.6. The van der Waals surface area contributed by atoms with Crippen LogP contribution < -0.4 is 5.32 Å². The summed E-state index contributed by atoms with van der Waals surface area (Å²) in [6, 6.07) is 1.42. The zero-order valence-corrected chi connectivity index (χ0v) is 14.6. The molecular weight excluding hydrogens is 260 g/mol. The van der Waals surface area contributed by atoms with Crippen molar-refractivity contribution in [2.75, 3.05) is 26.7 Å². The Bertz CT molecular complexity index is 297. The van der Waals surface area contributed by atoms with Crippen LogP contribution in [-0.4, -0.2) is 49.8 Å². The molecule has 0 amide bonds. The molecule has 5 unspecified atom stereocenters. The molecule has 0 spiro atoms. The predicted molar refractivity (Wildman–Crippen MR) is 89.7 cm³/mol. The molecule has 124 valence electrons. The van der Waals surface area contributed by atoms with Gasteiger partial charge in [-0.05, 0) is 57.0 Å². The first-order chi connectivity index (χ1) is 10.2. The third-order valence-electron chi connectivity index (χ3n) is 5.85. The van der Waals surface area contributed by atoms with E-state index in [4.69, 9.17) is 4.74 Å². The van der Waals surface area contributed by atoms with E-state index in [2.05, 4.69) is 31.0 Å². The van der Waals surface area contributed by atoms with Crippen molar-refractivity contribution < 1.29 is 4.74 Å². The minimum Gasteiger partial charge on any atom is -0.380 e. The Morgan fingerprint density at radius 3 is 2.67 bits per heavy atom. The summed E-state index contributed by atoms with van der Waals surface area (Å²) in [4.78, 5) is 2.74. The van der Waals surface area contributed by atoms with Gasteiger partial charge in [0.05, 0.1) is 6.10 Å². The fourth-order valence-corrected chi connectivity index (χ4v) is 4.24. The van der Waals surface area contributed by atoms with Gasteiger partial charge in [0, 0.05) is 25.7 Å². The first-order valence-corrected chi connectivity index (χ1v) is 9.19. The van der Waals surface area contributed by atoms with E-state index in [1.807, 2.05) is 7.11 Å². The number of methoxy groups -OCH3 is 1. The molecule has 2 fully saturated rings. The molecule has 0 aromatic rings. The lowest BCUT2D eigenvalue weighted by Crippen LogP contribution is -2.57. The summed E-state index contributed by atoms with van der Waals surface area (Å²) in [7, 11) is 1.88. The Hall–Kier alpha value is -0.120. The van der Waals surface area contributed by atoms with Crippen molar-refractivity contribution in [1.82, 2.24) is 10.2 Å². The highest BCUT2D eigenvalue weighted by molar-refractivity contribution is 4.94. The van der Waals surface area contributed by atoms with E-state index in [9.17, 15) is 0 Å². The van der Waals surface area contributed by atoms with Gasteiger partial charge in [0.25, 0.3) is 0 Å². The van der Waals surface area contributed by atoms with E-state index in [-0.39, 0.29) is 0 Å². The smallest absolute Gasteiger partial charge is 0.0724 e. The molecule has 5 atom stereocenters. The molecular formula is C18H36N2O. The van der Waals surface area contributed by atoms with Crippen molar-refractivity contribution in [1.29, 1.82) is 0 Å². The fourth-order valence-electron chi connectivity index (χ4n) is 4.24. The standard InChI is InChI=1S/C18H36N2O/c1-5-10-19-16-8-7-15(6-2)12-17(16)20-11-9-14(3)18(13-20)21-4/h14-19H,5-13H2,1-4H3. The van der Waals surface area contributed by atoms with Crippen LogP contribution in [0, 0.1) is 11.8 Å². The molecule has 1 aliphatic heterocycles. The van der Waals surface area contributed by atoms with Crippen LogP contribution in [0.4, 0.5) is 0 Å². The summed E-state index contributed by atoms with van der Waals surface area (Å²) in [5, 5.41) is 3.82. The second-order valence-electron chi connectivity index (χ2n) is 7.25. The average Bonchev–Trinajstić information content (AvgIpc) is 2.53. The monoisotopic (exact) mass is 296 g/mol. The zero-order chi connectivity index (χ0) is 15.2. The summed E-state index contributed by atoms with van der Waals surface area (Å²) < 4.78 is 5.73. The van der Waals surface area contributed by atoms with E-state index in [1.165, 1.54) is 45.1 Å². The molecule has 3 heteroatoms. The lowest BCUT2D eigenvalue weighted by atomic mass is 9.79. The maximum Gasteiger partial charge on any atom is 0.0724 e. The van der Waals surface area contributed by atoms with Gasteiger partial charge in [0.1, 0.15) is 0 Å². The molecule has 0 aromatic carbocycles. The lowest BCUT2D eigenvalue weighted by Gasteiger charge is -2.47. The van der Waals surface area contributed by atoms with E-state index in [1.54, 1.807) is 0 Å². The highest BCUT2D eigenvalue weighted by Crippen LogP contribution is 2.32. The number of piperidine rings is 1. The molecule has 0 bridgehead atoms. The quantitative estimate of drug-likeness (QED) is 0.814. The predicted octanol–water partition coefficient (Wildman–Crippen LogP) is 3.29. The number of nitrogens with one attached hydrogen (secondary N) is 1. The van der Waals surface area contributed by atoms with E-state index in [0.717, 1.165) is 25.0 Å².